The summed E-state index contributed by atoms with van der Waals surface area (Å²) in [6.45, 7) is 4.23. The van der Waals surface area contributed by atoms with E-state index >= 15 is 0 Å². The SMILES string of the molecule is CC(C)n1cnc2ccc(Br)nc21. The third-order valence-electron chi connectivity index (χ3n) is 1.94. The van der Waals surface area contributed by atoms with Crippen molar-refractivity contribution < 1.29 is 0 Å². The topological polar surface area (TPSA) is 30.7 Å². The van der Waals surface area contributed by atoms with Crippen molar-refractivity contribution in [1.82, 2.24) is 14.5 Å². The highest BCUT2D eigenvalue weighted by Crippen LogP contribution is 2.17. The maximum atomic E-state index is 4.37. The Labute approximate surface area is 84.9 Å². The monoisotopic (exact) mass is 239 g/mol. The first-order chi connectivity index (χ1) is 6.18. The zero-order chi connectivity index (χ0) is 9.42. The summed E-state index contributed by atoms with van der Waals surface area (Å²) in [5.41, 5.74) is 1.88. The Balaban J connectivity index is 2.71. The summed E-state index contributed by atoms with van der Waals surface area (Å²) >= 11 is 3.35. The number of halogens is 1. The predicted molar refractivity (Wildman–Crippen MR) is 55.6 cm³/mol. The van der Waals surface area contributed by atoms with Crippen molar-refractivity contribution in [3.05, 3.63) is 23.1 Å². The van der Waals surface area contributed by atoms with E-state index in [4.69, 9.17) is 0 Å². The number of aromatic nitrogens is 3. The number of rotatable bonds is 1. The number of hydrogen-bond donors (Lipinski definition) is 0. The predicted octanol–water partition coefficient (Wildman–Crippen LogP) is 2.77. The van der Waals surface area contributed by atoms with Crippen LogP contribution in [-0.2, 0) is 0 Å². The summed E-state index contributed by atoms with van der Waals surface area (Å²) in [6.07, 6.45) is 1.83. The number of nitrogens with zero attached hydrogens (tertiary/aromatic N) is 3. The second-order valence-corrected chi connectivity index (χ2v) is 4.03. The van der Waals surface area contributed by atoms with Crippen molar-refractivity contribution in [3.8, 4) is 0 Å². The fourth-order valence-corrected chi connectivity index (χ4v) is 1.57. The molecule has 2 heterocycles. The first-order valence-corrected chi connectivity index (χ1v) is 4.97. The van der Waals surface area contributed by atoms with Crippen LogP contribution >= 0.6 is 15.9 Å². The van der Waals surface area contributed by atoms with E-state index in [0.29, 0.717) is 6.04 Å². The van der Waals surface area contributed by atoms with Gasteiger partial charge in [0.1, 0.15) is 10.1 Å². The number of imidazole rings is 1. The van der Waals surface area contributed by atoms with Crippen LogP contribution in [0.15, 0.2) is 23.1 Å². The van der Waals surface area contributed by atoms with Crippen molar-refractivity contribution in [2.75, 3.05) is 0 Å². The molecule has 0 fully saturated rings. The van der Waals surface area contributed by atoms with Crippen LogP contribution in [0.5, 0.6) is 0 Å². The van der Waals surface area contributed by atoms with E-state index in [1.807, 2.05) is 18.5 Å². The summed E-state index contributed by atoms with van der Waals surface area (Å²) in [5.74, 6) is 0. The Morgan fingerprint density at radius 1 is 1.38 bits per heavy atom. The fraction of sp³-hybridized carbons (Fsp3) is 0.333. The normalized spacial score (nSPS) is 11.4. The Hall–Kier alpha value is -0.900. The molecule has 13 heavy (non-hydrogen) atoms. The first-order valence-electron chi connectivity index (χ1n) is 4.17. The Kier molecular flexibility index (Phi) is 2.07. The van der Waals surface area contributed by atoms with E-state index in [1.165, 1.54) is 0 Å². The van der Waals surface area contributed by atoms with Gasteiger partial charge in [-0.1, -0.05) is 0 Å². The second-order valence-electron chi connectivity index (χ2n) is 3.22. The van der Waals surface area contributed by atoms with E-state index in [0.717, 1.165) is 15.8 Å². The van der Waals surface area contributed by atoms with Crippen molar-refractivity contribution in [2.45, 2.75) is 19.9 Å². The molecular formula is C9H10BrN3. The van der Waals surface area contributed by atoms with Gasteiger partial charge in [0, 0.05) is 6.04 Å². The van der Waals surface area contributed by atoms with E-state index in [9.17, 15) is 0 Å². The van der Waals surface area contributed by atoms with Crippen LogP contribution in [-0.4, -0.2) is 14.5 Å². The van der Waals surface area contributed by atoms with E-state index in [2.05, 4.69) is 44.3 Å². The molecule has 0 unspecified atom stereocenters. The summed E-state index contributed by atoms with van der Waals surface area (Å²) in [4.78, 5) is 8.63. The number of hydrogen-bond acceptors (Lipinski definition) is 2. The Morgan fingerprint density at radius 2 is 2.15 bits per heavy atom. The van der Waals surface area contributed by atoms with Crippen molar-refractivity contribution in [1.29, 1.82) is 0 Å². The van der Waals surface area contributed by atoms with Gasteiger partial charge in [-0.2, -0.15) is 0 Å². The molecule has 2 aromatic heterocycles. The van der Waals surface area contributed by atoms with Crippen molar-refractivity contribution in [3.63, 3.8) is 0 Å². The molecule has 0 spiro atoms. The van der Waals surface area contributed by atoms with Gasteiger partial charge in [0.25, 0.3) is 0 Å². The molecule has 0 amide bonds. The molecule has 0 aliphatic rings. The molecule has 0 atom stereocenters. The summed E-state index contributed by atoms with van der Waals surface area (Å²) < 4.78 is 2.91. The van der Waals surface area contributed by atoms with Crippen LogP contribution < -0.4 is 0 Å². The molecule has 2 aromatic rings. The molecule has 0 saturated heterocycles. The van der Waals surface area contributed by atoms with E-state index in [-0.39, 0.29) is 0 Å². The van der Waals surface area contributed by atoms with Crippen molar-refractivity contribution >= 4 is 27.1 Å². The quantitative estimate of drug-likeness (QED) is 0.717. The highest BCUT2D eigenvalue weighted by molar-refractivity contribution is 9.10. The molecule has 0 radical (unpaired) electrons. The minimum Gasteiger partial charge on any atom is -0.313 e. The third-order valence-corrected chi connectivity index (χ3v) is 2.38. The van der Waals surface area contributed by atoms with Gasteiger partial charge >= 0.3 is 0 Å². The van der Waals surface area contributed by atoms with Crippen LogP contribution in [0, 0.1) is 0 Å². The average Bonchev–Trinajstić information content (AvgIpc) is 2.46. The van der Waals surface area contributed by atoms with Gasteiger partial charge in [0.2, 0.25) is 0 Å². The zero-order valence-electron chi connectivity index (χ0n) is 7.53. The highest BCUT2D eigenvalue weighted by atomic mass is 79.9. The molecule has 0 aliphatic carbocycles. The van der Waals surface area contributed by atoms with E-state index < -0.39 is 0 Å². The first kappa shape index (κ1) is 8.69. The van der Waals surface area contributed by atoms with Gasteiger partial charge in [-0.05, 0) is 41.9 Å². The number of fused-ring (bicyclic) bond motifs is 1. The van der Waals surface area contributed by atoms with Crippen LogP contribution in [0.3, 0.4) is 0 Å². The Bertz CT molecular complexity index is 433. The molecular weight excluding hydrogens is 230 g/mol. The summed E-state index contributed by atoms with van der Waals surface area (Å²) in [5, 5.41) is 0. The lowest BCUT2D eigenvalue weighted by Crippen LogP contribution is -1.99. The number of pyridine rings is 1. The van der Waals surface area contributed by atoms with E-state index in [1.54, 1.807) is 0 Å². The van der Waals surface area contributed by atoms with Crippen LogP contribution in [0.2, 0.25) is 0 Å². The largest absolute Gasteiger partial charge is 0.313 e. The lowest BCUT2D eigenvalue weighted by Gasteiger charge is -2.06. The summed E-state index contributed by atoms with van der Waals surface area (Å²) in [7, 11) is 0. The maximum Gasteiger partial charge on any atom is 0.161 e. The third kappa shape index (κ3) is 1.46. The molecule has 0 bridgehead atoms. The van der Waals surface area contributed by atoms with Gasteiger partial charge in [0.05, 0.1) is 6.33 Å². The lowest BCUT2D eigenvalue weighted by molar-refractivity contribution is 0.612. The molecule has 68 valence electrons. The smallest absolute Gasteiger partial charge is 0.161 e. The zero-order valence-corrected chi connectivity index (χ0v) is 9.12. The average molecular weight is 240 g/mol. The maximum absolute atomic E-state index is 4.37. The molecule has 4 heteroatoms. The lowest BCUT2D eigenvalue weighted by atomic mass is 10.4. The minimum absolute atomic E-state index is 0.395. The van der Waals surface area contributed by atoms with Crippen LogP contribution in [0.4, 0.5) is 0 Å². The molecule has 0 saturated carbocycles. The standard InChI is InChI=1S/C9H10BrN3/c1-6(2)13-5-11-7-3-4-8(10)12-9(7)13/h3-6H,1-2H3. The van der Waals surface area contributed by atoms with Gasteiger partial charge in [0.15, 0.2) is 5.65 Å². The molecule has 2 rings (SSSR count). The highest BCUT2D eigenvalue weighted by Gasteiger charge is 2.06. The molecule has 3 nitrogen and oxygen atoms in total. The molecule has 0 aromatic carbocycles. The van der Waals surface area contributed by atoms with Gasteiger partial charge in [-0.25, -0.2) is 9.97 Å². The van der Waals surface area contributed by atoms with Gasteiger partial charge < -0.3 is 4.57 Å². The minimum atomic E-state index is 0.395. The Morgan fingerprint density at radius 3 is 2.85 bits per heavy atom. The van der Waals surface area contributed by atoms with Crippen LogP contribution in [0.25, 0.3) is 11.2 Å². The fourth-order valence-electron chi connectivity index (χ4n) is 1.27. The second kappa shape index (κ2) is 3.10. The summed E-state index contributed by atoms with van der Waals surface area (Å²) in [6, 6.07) is 4.26. The van der Waals surface area contributed by atoms with Gasteiger partial charge in [-0.3, -0.25) is 0 Å². The molecule has 0 aliphatic heterocycles. The van der Waals surface area contributed by atoms with Crippen molar-refractivity contribution in [2.24, 2.45) is 0 Å². The van der Waals surface area contributed by atoms with Crippen LogP contribution in [0.1, 0.15) is 19.9 Å². The molecule has 0 N–H and O–H groups in total. The van der Waals surface area contributed by atoms with Gasteiger partial charge in [-0.15, -0.1) is 0 Å².